The van der Waals surface area contributed by atoms with Crippen molar-refractivity contribution in [3.63, 3.8) is 0 Å². The first kappa shape index (κ1) is 24.6. The summed E-state index contributed by atoms with van der Waals surface area (Å²) in [6.07, 6.45) is 2.70. The Balaban J connectivity index is 0.000000307. The van der Waals surface area contributed by atoms with Gasteiger partial charge in [-0.1, -0.05) is 31.5 Å². The summed E-state index contributed by atoms with van der Waals surface area (Å²) in [4.78, 5) is 13.8. The van der Waals surface area contributed by atoms with Crippen molar-refractivity contribution in [3.05, 3.63) is 29.8 Å². The lowest BCUT2D eigenvalue weighted by atomic mass is 9.66. The Hall–Kier alpha value is -1.44. The molecule has 6 nitrogen and oxygen atoms in total. The van der Waals surface area contributed by atoms with E-state index in [1.54, 1.807) is 12.1 Å². The first-order valence-corrected chi connectivity index (χ1v) is 11.3. The third-order valence-electron chi connectivity index (χ3n) is 6.15. The van der Waals surface area contributed by atoms with Gasteiger partial charge in [-0.2, -0.15) is 8.42 Å². The van der Waals surface area contributed by atoms with Gasteiger partial charge in [0, 0.05) is 12.5 Å². The van der Waals surface area contributed by atoms with E-state index in [0.717, 1.165) is 18.5 Å². The van der Waals surface area contributed by atoms with Crippen LogP contribution in [0.4, 0.5) is 0 Å². The Morgan fingerprint density at radius 2 is 1.86 bits per heavy atom. The molecule has 0 aromatic heterocycles. The maximum Gasteiger partial charge on any atom is 0.305 e. The lowest BCUT2D eigenvalue weighted by molar-refractivity contribution is -0.144. The summed E-state index contributed by atoms with van der Waals surface area (Å²) in [5.41, 5.74) is 1.18. The van der Waals surface area contributed by atoms with E-state index >= 15 is 0 Å². The molecule has 0 bridgehead atoms. The zero-order valence-electron chi connectivity index (χ0n) is 17.9. The fourth-order valence-corrected chi connectivity index (χ4v) is 4.09. The lowest BCUT2D eigenvalue weighted by Gasteiger charge is -2.49. The van der Waals surface area contributed by atoms with E-state index in [-0.39, 0.29) is 16.3 Å². The molecule has 0 amide bonds. The molecule has 7 heteroatoms. The van der Waals surface area contributed by atoms with Crippen molar-refractivity contribution >= 4 is 16.1 Å². The van der Waals surface area contributed by atoms with Crippen LogP contribution in [0.2, 0.25) is 0 Å². The predicted molar refractivity (Wildman–Crippen MR) is 111 cm³/mol. The minimum Gasteiger partial charge on any atom is -0.466 e. The highest BCUT2D eigenvalue weighted by Gasteiger charge is 2.41. The molecular formula is C21H35NO5S. The molecule has 0 spiro atoms. The van der Waals surface area contributed by atoms with Gasteiger partial charge in [-0.3, -0.25) is 9.35 Å². The number of esters is 1. The summed E-state index contributed by atoms with van der Waals surface area (Å²) in [5, 5.41) is 0. The van der Waals surface area contributed by atoms with Crippen LogP contribution in [0, 0.1) is 18.3 Å². The third kappa shape index (κ3) is 6.87. The number of nitrogens with zero attached hydrogens (tertiary/aromatic N) is 1. The second-order valence-electron chi connectivity index (χ2n) is 7.95. The Morgan fingerprint density at radius 1 is 1.29 bits per heavy atom. The van der Waals surface area contributed by atoms with Crippen molar-refractivity contribution in [1.29, 1.82) is 0 Å². The Morgan fingerprint density at radius 3 is 2.36 bits per heavy atom. The number of carbonyl (C=O) groups excluding carboxylic acids is 1. The number of ether oxygens (including phenoxy) is 1. The maximum absolute atomic E-state index is 11.5. The molecule has 1 aliphatic rings. The minimum atomic E-state index is -4.02. The second-order valence-corrected chi connectivity index (χ2v) is 9.37. The van der Waals surface area contributed by atoms with Gasteiger partial charge in [0.2, 0.25) is 0 Å². The molecule has 0 aliphatic carbocycles. The van der Waals surface area contributed by atoms with Crippen LogP contribution in [0.25, 0.3) is 0 Å². The second kappa shape index (κ2) is 10.4. The first-order valence-electron chi connectivity index (χ1n) is 9.81. The van der Waals surface area contributed by atoms with E-state index < -0.39 is 10.1 Å². The molecule has 3 unspecified atom stereocenters. The highest BCUT2D eigenvalue weighted by Crippen LogP contribution is 2.43. The van der Waals surface area contributed by atoms with Crippen molar-refractivity contribution in [1.82, 2.24) is 4.90 Å². The van der Waals surface area contributed by atoms with Crippen LogP contribution in [-0.4, -0.2) is 50.1 Å². The molecule has 1 aliphatic heterocycles. The molecule has 28 heavy (non-hydrogen) atoms. The van der Waals surface area contributed by atoms with Crippen molar-refractivity contribution in [2.75, 3.05) is 20.2 Å². The standard InChI is InChI=1S/C14H27NO2.C7H8O3S/c1-6-17-13(16)7-9-14(4)11(2)8-10-15(5)12(14)3;1-6-2-4-7(5-3-6)11(8,9)10/h11-12H,6-10H2,1-5H3;2-5H,1H3,(H,8,9,10). The zero-order valence-corrected chi connectivity index (χ0v) is 18.8. The lowest BCUT2D eigenvalue weighted by Crippen LogP contribution is -2.51. The summed E-state index contributed by atoms with van der Waals surface area (Å²) in [6, 6.07) is 6.52. The molecular weight excluding hydrogens is 378 g/mol. The summed E-state index contributed by atoms with van der Waals surface area (Å²) >= 11 is 0. The number of piperidine rings is 1. The molecule has 1 aromatic rings. The van der Waals surface area contributed by atoms with Gasteiger partial charge in [-0.15, -0.1) is 0 Å². The highest BCUT2D eigenvalue weighted by atomic mass is 32.2. The Bertz CT molecular complexity index is 732. The summed E-state index contributed by atoms with van der Waals surface area (Å²) in [5.74, 6) is 0.615. The van der Waals surface area contributed by atoms with Crippen LogP contribution >= 0.6 is 0 Å². The summed E-state index contributed by atoms with van der Waals surface area (Å²) in [7, 11) is -1.84. The number of hydrogen-bond acceptors (Lipinski definition) is 5. The van der Waals surface area contributed by atoms with Crippen molar-refractivity contribution in [2.24, 2.45) is 11.3 Å². The molecule has 0 saturated carbocycles. The number of aryl methyl sites for hydroxylation is 1. The number of rotatable bonds is 5. The average molecular weight is 414 g/mol. The van der Waals surface area contributed by atoms with Crippen LogP contribution in [-0.2, 0) is 19.6 Å². The van der Waals surface area contributed by atoms with E-state index in [0.29, 0.717) is 25.0 Å². The molecule has 1 N–H and O–H groups in total. The van der Waals surface area contributed by atoms with Gasteiger partial charge in [0.05, 0.1) is 11.5 Å². The largest absolute Gasteiger partial charge is 0.466 e. The van der Waals surface area contributed by atoms with E-state index in [1.807, 2.05) is 13.8 Å². The molecule has 0 radical (unpaired) electrons. The van der Waals surface area contributed by atoms with E-state index in [9.17, 15) is 13.2 Å². The molecule has 3 atom stereocenters. The number of carbonyl (C=O) groups is 1. The Labute approximate surface area is 170 Å². The SMILES string of the molecule is CCOC(=O)CCC1(C)C(C)CCN(C)C1C.Cc1ccc(S(=O)(=O)O)cc1. The molecule has 1 saturated heterocycles. The van der Waals surface area contributed by atoms with E-state index in [2.05, 4.69) is 32.7 Å². The van der Waals surface area contributed by atoms with E-state index in [4.69, 9.17) is 9.29 Å². The first-order chi connectivity index (χ1) is 12.9. The van der Waals surface area contributed by atoms with Crippen LogP contribution in [0.1, 0.15) is 52.5 Å². The molecule has 1 fully saturated rings. The number of benzene rings is 1. The van der Waals surface area contributed by atoms with Gasteiger partial charge in [-0.25, -0.2) is 0 Å². The summed E-state index contributed by atoms with van der Waals surface area (Å²) < 4.78 is 34.6. The normalized spacial score (nSPS) is 25.5. The number of hydrogen-bond donors (Lipinski definition) is 1. The average Bonchev–Trinajstić information content (AvgIpc) is 2.62. The quantitative estimate of drug-likeness (QED) is 0.581. The predicted octanol–water partition coefficient (Wildman–Crippen LogP) is 3.94. The smallest absolute Gasteiger partial charge is 0.305 e. The van der Waals surface area contributed by atoms with Crippen LogP contribution < -0.4 is 0 Å². The molecule has 160 valence electrons. The maximum atomic E-state index is 11.5. The monoisotopic (exact) mass is 413 g/mol. The molecule has 2 rings (SSSR count). The minimum absolute atomic E-state index is 0.0543. The van der Waals surface area contributed by atoms with Gasteiger partial charge < -0.3 is 9.64 Å². The third-order valence-corrected chi connectivity index (χ3v) is 7.02. The van der Waals surface area contributed by atoms with Crippen molar-refractivity contribution in [2.45, 2.75) is 64.8 Å². The van der Waals surface area contributed by atoms with Gasteiger partial charge >= 0.3 is 5.97 Å². The van der Waals surface area contributed by atoms with Gasteiger partial charge in [0.1, 0.15) is 0 Å². The van der Waals surface area contributed by atoms with Crippen molar-refractivity contribution < 1.29 is 22.5 Å². The van der Waals surface area contributed by atoms with Gasteiger partial charge in [0.15, 0.2) is 0 Å². The van der Waals surface area contributed by atoms with Crippen LogP contribution in [0.3, 0.4) is 0 Å². The molecule has 1 aromatic carbocycles. The molecule has 1 heterocycles. The van der Waals surface area contributed by atoms with Crippen molar-refractivity contribution in [3.8, 4) is 0 Å². The zero-order chi connectivity index (χ0) is 21.5. The topological polar surface area (TPSA) is 83.9 Å². The fraction of sp³-hybridized carbons (Fsp3) is 0.667. The van der Waals surface area contributed by atoms with E-state index in [1.165, 1.54) is 18.6 Å². The highest BCUT2D eigenvalue weighted by molar-refractivity contribution is 7.85. The van der Waals surface area contributed by atoms with Gasteiger partial charge in [-0.05, 0) is 70.7 Å². The Kier molecular flexibility index (Phi) is 9.11. The fourth-order valence-electron chi connectivity index (χ4n) is 3.61. The van der Waals surface area contributed by atoms with Crippen LogP contribution in [0.5, 0.6) is 0 Å². The van der Waals surface area contributed by atoms with Gasteiger partial charge in [0.25, 0.3) is 10.1 Å². The summed E-state index contributed by atoms with van der Waals surface area (Å²) in [6.45, 7) is 12.3. The van der Waals surface area contributed by atoms with Crippen LogP contribution in [0.15, 0.2) is 29.2 Å². The number of likely N-dealkylation sites (tertiary alicyclic amines) is 1.